The Morgan fingerprint density at radius 1 is 1.08 bits per heavy atom. The largest absolute Gasteiger partial charge is 0.482 e. The number of ether oxygens (including phenoxy) is 1. The fraction of sp³-hybridized carbons (Fsp3) is 0.263. The molecule has 2 aliphatic rings. The van der Waals surface area contributed by atoms with E-state index >= 15 is 0 Å². The number of benzene rings is 2. The van der Waals surface area contributed by atoms with E-state index in [2.05, 4.69) is 5.32 Å². The van der Waals surface area contributed by atoms with Gasteiger partial charge in [-0.05, 0) is 30.3 Å². The van der Waals surface area contributed by atoms with Crippen LogP contribution in [0.4, 0.5) is 15.8 Å². The Hall–Kier alpha value is -3.09. The molecule has 0 saturated carbocycles. The summed E-state index contributed by atoms with van der Waals surface area (Å²) in [6.07, 6.45) is 0. The van der Waals surface area contributed by atoms with Gasteiger partial charge in [0.15, 0.2) is 6.61 Å². The number of fused-ring (bicyclic) bond motifs is 1. The van der Waals surface area contributed by atoms with Crippen molar-refractivity contribution in [2.75, 3.05) is 43.0 Å². The lowest BCUT2D eigenvalue weighted by Crippen LogP contribution is -2.49. The molecule has 1 N–H and O–H groups in total. The highest BCUT2D eigenvalue weighted by atomic mass is 19.1. The Morgan fingerprint density at radius 2 is 1.85 bits per heavy atom. The van der Waals surface area contributed by atoms with E-state index in [0.717, 1.165) is 0 Å². The zero-order chi connectivity index (χ0) is 18.1. The predicted octanol–water partition coefficient (Wildman–Crippen LogP) is 2.12. The number of hydrogen-bond donors (Lipinski definition) is 1. The highest BCUT2D eigenvalue weighted by molar-refractivity contribution is 6.00. The number of carbonyl (C=O) groups excluding carboxylic acids is 2. The van der Waals surface area contributed by atoms with E-state index in [1.807, 2.05) is 4.90 Å². The zero-order valence-electron chi connectivity index (χ0n) is 14.1. The summed E-state index contributed by atoms with van der Waals surface area (Å²) in [4.78, 5) is 27.9. The first-order valence-corrected chi connectivity index (χ1v) is 8.47. The van der Waals surface area contributed by atoms with Crippen molar-refractivity contribution in [3.05, 3.63) is 53.8 Å². The Kier molecular flexibility index (Phi) is 4.20. The average Bonchev–Trinajstić information content (AvgIpc) is 2.67. The third kappa shape index (κ3) is 3.08. The number of para-hydroxylation sites is 1. The van der Waals surface area contributed by atoms with Gasteiger partial charge in [0.05, 0.1) is 11.4 Å². The van der Waals surface area contributed by atoms with Crippen LogP contribution in [0.2, 0.25) is 0 Å². The predicted molar refractivity (Wildman–Crippen MR) is 95.1 cm³/mol. The van der Waals surface area contributed by atoms with Crippen LogP contribution in [0.1, 0.15) is 10.4 Å². The molecule has 0 bridgehead atoms. The van der Waals surface area contributed by atoms with Crippen LogP contribution in [0.25, 0.3) is 0 Å². The first-order chi connectivity index (χ1) is 12.6. The van der Waals surface area contributed by atoms with Crippen molar-refractivity contribution in [1.82, 2.24) is 4.90 Å². The summed E-state index contributed by atoms with van der Waals surface area (Å²) in [5.41, 5.74) is 1.57. The van der Waals surface area contributed by atoms with Gasteiger partial charge in [0.25, 0.3) is 11.8 Å². The second-order valence-electron chi connectivity index (χ2n) is 6.28. The molecular weight excluding hydrogens is 337 g/mol. The van der Waals surface area contributed by atoms with Gasteiger partial charge in [-0.25, -0.2) is 4.39 Å². The Labute approximate surface area is 150 Å². The monoisotopic (exact) mass is 355 g/mol. The lowest BCUT2D eigenvalue weighted by atomic mass is 10.1. The summed E-state index contributed by atoms with van der Waals surface area (Å²) in [5.74, 6) is -0.0374. The van der Waals surface area contributed by atoms with Crippen LogP contribution < -0.4 is 15.0 Å². The summed E-state index contributed by atoms with van der Waals surface area (Å²) >= 11 is 0. The van der Waals surface area contributed by atoms with Crippen LogP contribution in [-0.2, 0) is 4.79 Å². The van der Waals surface area contributed by atoms with E-state index in [4.69, 9.17) is 4.74 Å². The van der Waals surface area contributed by atoms with Crippen molar-refractivity contribution in [3.63, 3.8) is 0 Å². The van der Waals surface area contributed by atoms with E-state index < -0.39 is 0 Å². The number of amides is 2. The Morgan fingerprint density at radius 3 is 2.62 bits per heavy atom. The van der Waals surface area contributed by atoms with Gasteiger partial charge < -0.3 is 19.9 Å². The molecule has 6 nitrogen and oxygen atoms in total. The molecule has 1 saturated heterocycles. The second-order valence-corrected chi connectivity index (χ2v) is 6.28. The van der Waals surface area contributed by atoms with E-state index in [-0.39, 0.29) is 24.2 Å². The number of anilines is 2. The Balaban J connectivity index is 1.45. The number of nitrogens with one attached hydrogen (secondary N) is 1. The lowest BCUT2D eigenvalue weighted by molar-refractivity contribution is -0.118. The van der Waals surface area contributed by atoms with Crippen LogP contribution in [0, 0.1) is 5.82 Å². The molecule has 0 spiro atoms. The Bertz CT molecular complexity index is 863. The minimum absolute atomic E-state index is 0.0156. The number of nitrogens with zero attached hydrogens (tertiary/aromatic N) is 2. The molecule has 2 aromatic rings. The second kappa shape index (κ2) is 6.67. The van der Waals surface area contributed by atoms with Crippen molar-refractivity contribution in [3.8, 4) is 5.75 Å². The van der Waals surface area contributed by atoms with E-state index in [0.29, 0.717) is 48.9 Å². The van der Waals surface area contributed by atoms with E-state index in [1.54, 1.807) is 41.3 Å². The summed E-state index contributed by atoms with van der Waals surface area (Å²) in [6, 6.07) is 11.7. The van der Waals surface area contributed by atoms with Gasteiger partial charge in [-0.15, -0.1) is 0 Å². The van der Waals surface area contributed by atoms with Crippen LogP contribution in [0.3, 0.4) is 0 Å². The van der Waals surface area contributed by atoms with E-state index in [1.165, 1.54) is 6.07 Å². The van der Waals surface area contributed by atoms with Crippen LogP contribution >= 0.6 is 0 Å². The third-order valence-electron chi connectivity index (χ3n) is 4.62. The van der Waals surface area contributed by atoms with Crippen molar-refractivity contribution in [1.29, 1.82) is 0 Å². The molecule has 0 unspecified atom stereocenters. The van der Waals surface area contributed by atoms with Crippen molar-refractivity contribution >= 4 is 23.2 Å². The molecule has 1 fully saturated rings. The molecular formula is C19H18FN3O3. The van der Waals surface area contributed by atoms with Crippen LogP contribution in [0.15, 0.2) is 42.5 Å². The van der Waals surface area contributed by atoms with Gasteiger partial charge in [0, 0.05) is 31.7 Å². The molecule has 0 radical (unpaired) electrons. The first-order valence-electron chi connectivity index (χ1n) is 8.47. The summed E-state index contributed by atoms with van der Waals surface area (Å²) in [6.45, 7) is 2.13. The maximum atomic E-state index is 13.9. The fourth-order valence-corrected chi connectivity index (χ4v) is 3.26. The molecule has 0 atom stereocenters. The molecule has 26 heavy (non-hydrogen) atoms. The minimum atomic E-state index is -0.252. The normalized spacial score (nSPS) is 16.6. The summed E-state index contributed by atoms with van der Waals surface area (Å²) in [7, 11) is 0. The minimum Gasteiger partial charge on any atom is -0.482 e. The third-order valence-corrected chi connectivity index (χ3v) is 4.62. The molecule has 2 heterocycles. The van der Waals surface area contributed by atoms with Gasteiger partial charge in [-0.3, -0.25) is 9.59 Å². The smallest absolute Gasteiger partial charge is 0.262 e. The van der Waals surface area contributed by atoms with Crippen molar-refractivity contribution in [2.45, 2.75) is 0 Å². The first kappa shape index (κ1) is 16.4. The van der Waals surface area contributed by atoms with Gasteiger partial charge in [-0.2, -0.15) is 0 Å². The molecule has 0 aromatic heterocycles. The molecule has 2 aliphatic heterocycles. The topological polar surface area (TPSA) is 61.9 Å². The molecule has 2 amide bonds. The molecule has 2 aromatic carbocycles. The van der Waals surface area contributed by atoms with Gasteiger partial charge >= 0.3 is 0 Å². The van der Waals surface area contributed by atoms with Gasteiger partial charge in [0.2, 0.25) is 0 Å². The quantitative estimate of drug-likeness (QED) is 0.896. The molecule has 7 heteroatoms. The van der Waals surface area contributed by atoms with Crippen LogP contribution in [0.5, 0.6) is 5.75 Å². The number of piperazine rings is 1. The molecule has 134 valence electrons. The average molecular weight is 355 g/mol. The standard InChI is InChI=1S/C19H18FN3O3/c20-14-3-1-2-4-16(14)22-7-9-23(10-8-22)19(25)13-5-6-17-15(11-13)21-18(24)12-26-17/h1-6,11H,7-10,12H2,(H,21,24). The molecule has 0 aliphatic carbocycles. The van der Waals surface area contributed by atoms with Crippen molar-refractivity contribution in [2.24, 2.45) is 0 Å². The van der Waals surface area contributed by atoms with Crippen molar-refractivity contribution < 1.29 is 18.7 Å². The fourth-order valence-electron chi connectivity index (χ4n) is 3.26. The summed E-state index contributed by atoms with van der Waals surface area (Å²) < 4.78 is 19.2. The number of hydrogen-bond acceptors (Lipinski definition) is 4. The highest BCUT2D eigenvalue weighted by Crippen LogP contribution is 2.29. The SMILES string of the molecule is O=C1COc2ccc(C(=O)N3CCN(c4ccccc4F)CC3)cc2N1. The zero-order valence-corrected chi connectivity index (χ0v) is 14.1. The number of halogens is 1. The maximum Gasteiger partial charge on any atom is 0.262 e. The van der Waals surface area contributed by atoms with Crippen LogP contribution in [-0.4, -0.2) is 49.5 Å². The van der Waals surface area contributed by atoms with Gasteiger partial charge in [-0.1, -0.05) is 12.1 Å². The molecule has 4 rings (SSSR count). The number of rotatable bonds is 2. The lowest BCUT2D eigenvalue weighted by Gasteiger charge is -2.36. The van der Waals surface area contributed by atoms with Gasteiger partial charge in [0.1, 0.15) is 11.6 Å². The maximum absolute atomic E-state index is 13.9. The summed E-state index contributed by atoms with van der Waals surface area (Å²) in [5, 5.41) is 2.71. The van der Waals surface area contributed by atoms with E-state index in [9.17, 15) is 14.0 Å². The number of carbonyl (C=O) groups is 2. The highest BCUT2D eigenvalue weighted by Gasteiger charge is 2.25.